The molecule has 2 atom stereocenters. The molecule has 0 aliphatic heterocycles. The average molecular weight is 512 g/mol. The van der Waals surface area contributed by atoms with Crippen LogP contribution in [0.25, 0.3) is 0 Å². The van der Waals surface area contributed by atoms with Crippen LogP contribution in [-0.4, -0.2) is 46.7 Å². The van der Waals surface area contributed by atoms with Crippen LogP contribution in [0.1, 0.15) is 49.1 Å². The molecule has 0 heterocycles. The maximum absolute atomic E-state index is 13.8. The highest BCUT2D eigenvalue weighted by atomic mass is 32.1. The molecule has 0 fully saturated rings. The average Bonchev–Trinajstić information content (AvgIpc) is 2.78. The minimum absolute atomic E-state index is 0.0186. The number of amides is 3. The van der Waals surface area contributed by atoms with E-state index in [1.54, 1.807) is 26.8 Å². The highest BCUT2D eigenvalue weighted by molar-refractivity contribution is 7.80. The number of hydrogen-bond donors (Lipinski definition) is 3. The van der Waals surface area contributed by atoms with E-state index >= 15 is 0 Å². The fourth-order valence-electron chi connectivity index (χ4n) is 3.81. The van der Waals surface area contributed by atoms with Crippen molar-refractivity contribution in [2.24, 2.45) is 0 Å². The standard InChI is InChI=1S/C28H37N3O4S/c1-8-15-31(26(33)22(17-36)29-27(34)35-28(5,6)7)24(21-14-9-11-18(2)16-21)25(32)30-23-19(3)12-10-13-20(23)4/h8-14,16,22,24,36H,1,15,17H2,2-7H3,(H,29,34)(H,30,32). The molecule has 8 heteroatoms. The monoisotopic (exact) mass is 511 g/mol. The van der Waals surface area contributed by atoms with E-state index in [2.05, 4.69) is 29.8 Å². The molecule has 2 rings (SSSR count). The number of hydrogen-bond acceptors (Lipinski definition) is 5. The lowest BCUT2D eigenvalue weighted by molar-refractivity contribution is -0.139. The number of carbonyl (C=O) groups is 3. The topological polar surface area (TPSA) is 87.7 Å². The molecule has 2 N–H and O–H groups in total. The smallest absolute Gasteiger partial charge is 0.408 e. The van der Waals surface area contributed by atoms with Gasteiger partial charge in [0.15, 0.2) is 0 Å². The number of nitrogens with one attached hydrogen (secondary N) is 2. The summed E-state index contributed by atoms with van der Waals surface area (Å²) in [7, 11) is 0. The molecule has 0 bridgehead atoms. The van der Waals surface area contributed by atoms with Crippen molar-refractivity contribution in [1.82, 2.24) is 10.2 Å². The highest BCUT2D eigenvalue weighted by Crippen LogP contribution is 2.27. The Kier molecular flexibility index (Phi) is 10.2. The second kappa shape index (κ2) is 12.6. The van der Waals surface area contributed by atoms with Gasteiger partial charge in [0, 0.05) is 18.0 Å². The molecule has 2 aromatic carbocycles. The van der Waals surface area contributed by atoms with Gasteiger partial charge in [0.1, 0.15) is 17.7 Å². The van der Waals surface area contributed by atoms with Crippen LogP contribution >= 0.6 is 12.6 Å². The predicted octanol–water partition coefficient (Wildman–Crippen LogP) is 5.13. The summed E-state index contributed by atoms with van der Waals surface area (Å²) in [6.07, 6.45) is 0.816. The number of aryl methyl sites for hydroxylation is 3. The van der Waals surface area contributed by atoms with Crippen LogP contribution in [0, 0.1) is 20.8 Å². The number of rotatable bonds is 9. The molecule has 2 unspecified atom stereocenters. The van der Waals surface area contributed by atoms with Crippen molar-refractivity contribution in [3.8, 4) is 0 Å². The Balaban J connectivity index is 2.49. The number of carbonyl (C=O) groups excluding carboxylic acids is 3. The summed E-state index contributed by atoms with van der Waals surface area (Å²) in [6, 6.07) is 11.2. The minimum Gasteiger partial charge on any atom is -0.444 e. The van der Waals surface area contributed by atoms with Crippen LogP contribution in [0.5, 0.6) is 0 Å². The second-order valence-corrected chi connectivity index (χ2v) is 10.1. The SMILES string of the molecule is C=CCN(C(=O)C(CS)NC(=O)OC(C)(C)C)C(C(=O)Nc1c(C)cccc1C)c1cccc(C)c1. The second-order valence-electron chi connectivity index (χ2n) is 9.73. The van der Waals surface area contributed by atoms with Gasteiger partial charge in [-0.15, -0.1) is 6.58 Å². The fourth-order valence-corrected chi connectivity index (χ4v) is 4.06. The van der Waals surface area contributed by atoms with Crippen LogP contribution in [0.4, 0.5) is 10.5 Å². The Morgan fingerprint density at radius 3 is 2.22 bits per heavy atom. The maximum atomic E-state index is 13.8. The van der Waals surface area contributed by atoms with Gasteiger partial charge in [0.2, 0.25) is 5.91 Å². The summed E-state index contributed by atoms with van der Waals surface area (Å²) in [5.74, 6) is -0.826. The Bertz CT molecular complexity index is 1090. The zero-order valence-corrected chi connectivity index (χ0v) is 22.8. The molecule has 0 aliphatic rings. The van der Waals surface area contributed by atoms with Crippen molar-refractivity contribution in [2.45, 2.75) is 59.2 Å². The Morgan fingerprint density at radius 2 is 1.69 bits per heavy atom. The molecule has 2 aromatic rings. The lowest BCUT2D eigenvalue weighted by Gasteiger charge is -2.33. The van der Waals surface area contributed by atoms with Gasteiger partial charge in [-0.05, 0) is 58.2 Å². The maximum Gasteiger partial charge on any atom is 0.408 e. The third-order valence-corrected chi connectivity index (χ3v) is 5.79. The van der Waals surface area contributed by atoms with Gasteiger partial charge in [0.25, 0.3) is 5.91 Å². The highest BCUT2D eigenvalue weighted by Gasteiger charge is 2.35. The summed E-state index contributed by atoms with van der Waals surface area (Å²) in [6.45, 7) is 14.8. The van der Waals surface area contributed by atoms with E-state index in [4.69, 9.17) is 4.74 Å². The third-order valence-electron chi connectivity index (χ3n) is 5.43. The first-order valence-corrected chi connectivity index (χ1v) is 12.5. The quantitative estimate of drug-likeness (QED) is 0.322. The van der Waals surface area contributed by atoms with Crippen LogP contribution in [0.3, 0.4) is 0 Å². The Morgan fingerprint density at radius 1 is 1.08 bits per heavy atom. The van der Waals surface area contributed by atoms with E-state index in [9.17, 15) is 14.4 Å². The van der Waals surface area contributed by atoms with Gasteiger partial charge in [-0.2, -0.15) is 12.6 Å². The van der Waals surface area contributed by atoms with Crippen LogP contribution in [0.2, 0.25) is 0 Å². The predicted molar refractivity (Wildman–Crippen MR) is 147 cm³/mol. The zero-order valence-electron chi connectivity index (χ0n) is 21.9. The number of alkyl carbamates (subject to hydrolysis) is 1. The van der Waals surface area contributed by atoms with Crippen molar-refractivity contribution in [3.63, 3.8) is 0 Å². The van der Waals surface area contributed by atoms with Gasteiger partial charge in [-0.25, -0.2) is 4.79 Å². The number of anilines is 1. The molecule has 0 aromatic heterocycles. The minimum atomic E-state index is -1.01. The van der Waals surface area contributed by atoms with E-state index in [1.165, 1.54) is 4.90 Å². The summed E-state index contributed by atoms with van der Waals surface area (Å²) >= 11 is 4.29. The van der Waals surface area contributed by atoms with Crippen molar-refractivity contribution in [1.29, 1.82) is 0 Å². The lowest BCUT2D eigenvalue weighted by atomic mass is 10.00. The van der Waals surface area contributed by atoms with Crippen LogP contribution < -0.4 is 10.6 Å². The van der Waals surface area contributed by atoms with Crippen molar-refractivity contribution >= 4 is 36.2 Å². The number of benzene rings is 2. The van der Waals surface area contributed by atoms with Gasteiger partial charge < -0.3 is 20.3 Å². The van der Waals surface area contributed by atoms with E-state index in [0.717, 1.165) is 16.7 Å². The van der Waals surface area contributed by atoms with E-state index in [1.807, 2.05) is 63.2 Å². The van der Waals surface area contributed by atoms with Crippen LogP contribution in [0.15, 0.2) is 55.1 Å². The van der Waals surface area contributed by atoms with E-state index < -0.39 is 29.7 Å². The molecule has 0 spiro atoms. The van der Waals surface area contributed by atoms with Crippen molar-refractivity contribution in [3.05, 3.63) is 77.4 Å². The summed E-state index contributed by atoms with van der Waals surface area (Å²) in [5, 5.41) is 5.61. The molecule has 0 aliphatic carbocycles. The van der Waals surface area contributed by atoms with Gasteiger partial charge >= 0.3 is 6.09 Å². The van der Waals surface area contributed by atoms with Crippen molar-refractivity contribution in [2.75, 3.05) is 17.6 Å². The summed E-state index contributed by atoms with van der Waals surface area (Å²) in [5.41, 5.74) is 3.37. The van der Waals surface area contributed by atoms with Crippen LogP contribution in [-0.2, 0) is 14.3 Å². The van der Waals surface area contributed by atoms with Gasteiger partial charge in [0.05, 0.1) is 0 Å². The zero-order chi connectivity index (χ0) is 27.0. The Hall–Kier alpha value is -3.26. The molecular formula is C28H37N3O4S. The third kappa shape index (κ3) is 7.88. The van der Waals surface area contributed by atoms with Gasteiger partial charge in [-0.1, -0.05) is 54.1 Å². The first-order chi connectivity index (χ1) is 16.9. The lowest BCUT2D eigenvalue weighted by Crippen LogP contribution is -2.53. The van der Waals surface area contributed by atoms with Crippen molar-refractivity contribution < 1.29 is 19.1 Å². The number of thiol groups is 1. The summed E-state index contributed by atoms with van der Waals surface area (Å²) in [4.78, 5) is 41.4. The largest absolute Gasteiger partial charge is 0.444 e. The number of nitrogens with zero attached hydrogens (tertiary/aromatic N) is 1. The first kappa shape index (κ1) is 29.0. The molecule has 3 amide bonds. The molecule has 0 radical (unpaired) electrons. The van der Waals surface area contributed by atoms with E-state index in [-0.39, 0.29) is 18.2 Å². The molecular weight excluding hydrogens is 474 g/mol. The summed E-state index contributed by atoms with van der Waals surface area (Å²) < 4.78 is 5.32. The molecule has 194 valence electrons. The molecule has 0 saturated heterocycles. The van der Waals surface area contributed by atoms with E-state index in [0.29, 0.717) is 11.3 Å². The first-order valence-electron chi connectivity index (χ1n) is 11.8. The number of para-hydroxylation sites is 1. The molecule has 0 saturated carbocycles. The Labute approximate surface area is 219 Å². The fraction of sp³-hybridized carbons (Fsp3) is 0.393. The molecule has 7 nitrogen and oxygen atoms in total. The number of ether oxygens (including phenoxy) is 1. The van der Waals surface area contributed by atoms with Gasteiger partial charge in [-0.3, -0.25) is 9.59 Å². The normalized spacial score (nSPS) is 12.8. The molecule has 36 heavy (non-hydrogen) atoms.